The van der Waals surface area contributed by atoms with Crippen LogP contribution in [0.4, 0.5) is 11.8 Å². The number of nitrogens with one attached hydrogen (secondary N) is 1. The van der Waals surface area contributed by atoms with Crippen LogP contribution < -0.4 is 11.1 Å². The molecule has 1 aromatic carbocycles. The summed E-state index contributed by atoms with van der Waals surface area (Å²) in [6.07, 6.45) is 3.39. The summed E-state index contributed by atoms with van der Waals surface area (Å²) < 4.78 is 5.33. The molecule has 3 aromatic rings. The first kappa shape index (κ1) is 15.6. The van der Waals surface area contributed by atoms with Gasteiger partial charge in [-0.25, -0.2) is 4.98 Å². The van der Waals surface area contributed by atoms with Gasteiger partial charge in [0.1, 0.15) is 23.1 Å². The summed E-state index contributed by atoms with van der Waals surface area (Å²) in [5.41, 5.74) is 7.78. The van der Waals surface area contributed by atoms with Crippen LogP contribution in [0.1, 0.15) is 17.5 Å². The lowest BCUT2D eigenvalue weighted by Gasteiger charge is -2.10. The highest BCUT2D eigenvalue weighted by Crippen LogP contribution is 2.26. The summed E-state index contributed by atoms with van der Waals surface area (Å²) in [5, 5.41) is 12.7. The summed E-state index contributed by atoms with van der Waals surface area (Å²) in [4.78, 5) is 8.28. The van der Waals surface area contributed by atoms with Crippen LogP contribution in [-0.2, 0) is 6.42 Å². The van der Waals surface area contributed by atoms with E-state index in [1.165, 1.54) is 11.8 Å². The van der Waals surface area contributed by atoms with Crippen molar-refractivity contribution in [3.8, 4) is 17.5 Å². The Kier molecular flexibility index (Phi) is 4.73. The third-order valence-electron chi connectivity index (χ3n) is 3.57. The lowest BCUT2D eigenvalue weighted by Crippen LogP contribution is -2.10. The summed E-state index contributed by atoms with van der Waals surface area (Å²) in [7, 11) is 0. The molecular weight excluding hydrogens is 302 g/mol. The summed E-state index contributed by atoms with van der Waals surface area (Å²) in [6, 6.07) is 15.9. The number of benzene rings is 1. The molecule has 0 aliphatic heterocycles. The van der Waals surface area contributed by atoms with Crippen LogP contribution in [0.25, 0.3) is 11.5 Å². The minimum atomic E-state index is 0.103. The topological polar surface area (TPSA) is 101 Å². The van der Waals surface area contributed by atoms with Crippen molar-refractivity contribution in [3.05, 3.63) is 59.9 Å². The molecule has 0 aliphatic rings. The quantitative estimate of drug-likeness (QED) is 0.676. The number of nitriles is 1. The molecule has 0 bridgehead atoms. The molecule has 6 nitrogen and oxygen atoms in total. The van der Waals surface area contributed by atoms with Gasteiger partial charge < -0.3 is 15.5 Å². The predicted octanol–water partition coefficient (Wildman–Crippen LogP) is 3.24. The molecule has 0 saturated heterocycles. The van der Waals surface area contributed by atoms with E-state index >= 15 is 0 Å². The van der Waals surface area contributed by atoms with Gasteiger partial charge in [-0.05, 0) is 30.5 Å². The van der Waals surface area contributed by atoms with Crippen molar-refractivity contribution < 1.29 is 4.42 Å². The highest BCUT2D eigenvalue weighted by Gasteiger charge is 2.16. The molecule has 0 spiro atoms. The van der Waals surface area contributed by atoms with Gasteiger partial charge in [-0.3, -0.25) is 0 Å². The van der Waals surface area contributed by atoms with Crippen LogP contribution in [0, 0.1) is 11.3 Å². The van der Waals surface area contributed by atoms with Crippen LogP contribution in [0.5, 0.6) is 0 Å². The second kappa shape index (κ2) is 7.29. The average molecular weight is 319 g/mol. The first-order valence-electron chi connectivity index (χ1n) is 7.67. The van der Waals surface area contributed by atoms with Crippen molar-refractivity contribution in [2.24, 2.45) is 0 Å². The molecular formula is C18H17N5O. The molecule has 3 rings (SSSR count). The highest BCUT2D eigenvalue weighted by molar-refractivity contribution is 5.71. The minimum absolute atomic E-state index is 0.103. The zero-order valence-corrected chi connectivity index (χ0v) is 13.1. The summed E-state index contributed by atoms with van der Waals surface area (Å²) in [5.74, 6) is 1.03. The fourth-order valence-electron chi connectivity index (χ4n) is 2.45. The average Bonchev–Trinajstić information content (AvgIpc) is 3.13. The van der Waals surface area contributed by atoms with E-state index in [0.29, 0.717) is 29.4 Å². The Morgan fingerprint density at radius 2 is 1.96 bits per heavy atom. The number of hydrogen-bond donors (Lipinski definition) is 2. The van der Waals surface area contributed by atoms with Gasteiger partial charge in [-0.1, -0.05) is 30.3 Å². The normalized spacial score (nSPS) is 10.3. The molecule has 0 amide bonds. The first-order chi connectivity index (χ1) is 11.8. The second-order valence-corrected chi connectivity index (χ2v) is 5.26. The summed E-state index contributed by atoms with van der Waals surface area (Å²) >= 11 is 0. The molecule has 0 aliphatic carbocycles. The molecule has 3 N–H and O–H groups in total. The molecule has 2 aromatic heterocycles. The number of aryl methyl sites for hydroxylation is 1. The largest absolute Gasteiger partial charge is 0.463 e. The van der Waals surface area contributed by atoms with E-state index in [4.69, 9.17) is 10.2 Å². The third-order valence-corrected chi connectivity index (χ3v) is 3.57. The van der Waals surface area contributed by atoms with E-state index in [1.54, 1.807) is 12.1 Å². The number of aromatic nitrogens is 2. The molecule has 0 unspecified atom stereocenters. The zero-order chi connectivity index (χ0) is 16.8. The highest BCUT2D eigenvalue weighted by atomic mass is 16.3. The number of furan rings is 1. The van der Waals surface area contributed by atoms with E-state index in [-0.39, 0.29) is 5.95 Å². The third kappa shape index (κ3) is 3.52. The van der Waals surface area contributed by atoms with Crippen molar-refractivity contribution in [2.75, 3.05) is 17.6 Å². The number of nitrogens with two attached hydrogens (primary N) is 1. The lowest BCUT2D eigenvalue weighted by atomic mass is 10.1. The van der Waals surface area contributed by atoms with Gasteiger partial charge in [0, 0.05) is 6.54 Å². The van der Waals surface area contributed by atoms with E-state index in [0.717, 1.165) is 12.8 Å². The number of anilines is 2. The monoisotopic (exact) mass is 319 g/mol. The van der Waals surface area contributed by atoms with Crippen molar-refractivity contribution in [1.82, 2.24) is 9.97 Å². The Bertz CT molecular complexity index is 838. The standard InChI is InChI=1S/C18H17N5O/c19-12-14-16(15-9-5-11-24-15)22-18(20)23-17(14)21-10-4-8-13-6-2-1-3-7-13/h1-3,5-7,9,11H,4,8,10H2,(H3,20,21,22,23). The number of nitrogen functional groups attached to an aromatic ring is 1. The van der Waals surface area contributed by atoms with Gasteiger partial charge in [-0.2, -0.15) is 10.2 Å². The number of nitrogens with zero attached hydrogens (tertiary/aromatic N) is 3. The van der Waals surface area contributed by atoms with Crippen LogP contribution in [0.15, 0.2) is 53.1 Å². The number of hydrogen-bond acceptors (Lipinski definition) is 6. The van der Waals surface area contributed by atoms with Crippen LogP contribution in [-0.4, -0.2) is 16.5 Å². The molecule has 6 heteroatoms. The van der Waals surface area contributed by atoms with Crippen molar-refractivity contribution in [3.63, 3.8) is 0 Å². The Morgan fingerprint density at radius 1 is 1.12 bits per heavy atom. The maximum Gasteiger partial charge on any atom is 0.222 e. The molecule has 0 fully saturated rings. The molecule has 0 saturated carbocycles. The molecule has 2 heterocycles. The van der Waals surface area contributed by atoms with Gasteiger partial charge in [0.05, 0.1) is 6.26 Å². The smallest absolute Gasteiger partial charge is 0.222 e. The summed E-state index contributed by atoms with van der Waals surface area (Å²) in [6.45, 7) is 0.678. The lowest BCUT2D eigenvalue weighted by molar-refractivity contribution is 0.580. The van der Waals surface area contributed by atoms with Crippen LogP contribution >= 0.6 is 0 Å². The first-order valence-corrected chi connectivity index (χ1v) is 7.67. The Hall–Kier alpha value is -3.33. The van der Waals surface area contributed by atoms with Gasteiger partial charge in [0.15, 0.2) is 5.76 Å². The van der Waals surface area contributed by atoms with E-state index in [1.807, 2.05) is 18.2 Å². The van der Waals surface area contributed by atoms with E-state index in [2.05, 4.69) is 33.5 Å². The van der Waals surface area contributed by atoms with Crippen LogP contribution in [0.3, 0.4) is 0 Å². The fourth-order valence-corrected chi connectivity index (χ4v) is 2.45. The predicted molar refractivity (Wildman–Crippen MR) is 92.1 cm³/mol. The van der Waals surface area contributed by atoms with Crippen molar-refractivity contribution in [1.29, 1.82) is 5.26 Å². The van der Waals surface area contributed by atoms with Crippen LogP contribution in [0.2, 0.25) is 0 Å². The zero-order valence-electron chi connectivity index (χ0n) is 13.1. The molecule has 24 heavy (non-hydrogen) atoms. The maximum absolute atomic E-state index is 9.47. The van der Waals surface area contributed by atoms with Gasteiger partial charge in [0.25, 0.3) is 0 Å². The van der Waals surface area contributed by atoms with Gasteiger partial charge in [-0.15, -0.1) is 0 Å². The molecule has 0 radical (unpaired) electrons. The SMILES string of the molecule is N#Cc1c(NCCCc2ccccc2)nc(N)nc1-c1ccco1. The minimum Gasteiger partial charge on any atom is -0.463 e. The van der Waals surface area contributed by atoms with Gasteiger partial charge >= 0.3 is 0 Å². The maximum atomic E-state index is 9.47. The molecule has 0 atom stereocenters. The van der Waals surface area contributed by atoms with E-state index in [9.17, 15) is 5.26 Å². The number of rotatable bonds is 6. The fraction of sp³-hybridized carbons (Fsp3) is 0.167. The second-order valence-electron chi connectivity index (χ2n) is 5.26. The Labute approximate surface area is 140 Å². The van der Waals surface area contributed by atoms with E-state index < -0.39 is 0 Å². The van der Waals surface area contributed by atoms with Crippen molar-refractivity contribution >= 4 is 11.8 Å². The Balaban J connectivity index is 1.72. The molecule has 120 valence electrons. The Morgan fingerprint density at radius 3 is 2.67 bits per heavy atom. The van der Waals surface area contributed by atoms with Crippen molar-refractivity contribution in [2.45, 2.75) is 12.8 Å². The van der Waals surface area contributed by atoms with Gasteiger partial charge in [0.2, 0.25) is 5.95 Å².